The molecule has 2 amide bonds. The number of amides is 2. The average molecular weight is 943 g/mol. The van der Waals surface area contributed by atoms with E-state index < -0.39 is 37.9 Å². The zero-order valence-corrected chi connectivity index (χ0v) is 39.9. The molecule has 4 aromatic rings. The Morgan fingerprint density at radius 2 is 1.11 bits per heavy atom. The first-order chi connectivity index (χ1) is 31.4. The Balaban J connectivity index is 0.000000169. The normalized spacial score (nSPS) is 21.3. The lowest BCUT2D eigenvalue weighted by Gasteiger charge is -2.44. The van der Waals surface area contributed by atoms with E-state index in [1.165, 1.54) is 0 Å². The first-order valence-corrected chi connectivity index (χ1v) is 23.8. The van der Waals surface area contributed by atoms with E-state index >= 15 is 0 Å². The summed E-state index contributed by atoms with van der Waals surface area (Å²) in [4.78, 5) is 49.6. The monoisotopic (exact) mass is 942 g/mol. The molecule has 1 atom stereocenters. The number of hydrogen-bond acceptors (Lipinski definition) is 10. The molecule has 0 bridgehead atoms. The Morgan fingerprint density at radius 1 is 0.697 bits per heavy atom. The highest BCUT2D eigenvalue weighted by Crippen LogP contribution is 2.50. The number of nitrogens with one attached hydrogen (secondary N) is 1. The topological polar surface area (TPSA) is 155 Å². The highest BCUT2D eigenvalue weighted by atomic mass is 32.2. The summed E-state index contributed by atoms with van der Waals surface area (Å²) in [7, 11) is -1.25. The number of anilines is 4. The van der Waals surface area contributed by atoms with E-state index in [9.17, 15) is 13.8 Å². The van der Waals surface area contributed by atoms with Gasteiger partial charge in [-0.1, -0.05) is 37.4 Å². The van der Waals surface area contributed by atoms with Crippen LogP contribution in [-0.2, 0) is 41.1 Å². The van der Waals surface area contributed by atoms with Gasteiger partial charge in [-0.2, -0.15) is 0 Å². The SMILES string of the molecule is [C-]#[N+]c1ncc(N2C(=O)C3(CCC3)N(c3ccc(C4(N)COC4)cc3)C2=S)cc1C.[C-]#[N+]c1ncc(N2C(=O)C3(CCC3)N(c3ccc(C4(NS(=O)C(C)(C)C)COC4)cc3)C2=S)cc1C. The van der Waals surface area contributed by atoms with Crippen molar-refractivity contribution < 1.29 is 23.3 Å². The maximum absolute atomic E-state index is 13.7. The fourth-order valence-electron chi connectivity index (χ4n) is 9.28. The summed E-state index contributed by atoms with van der Waals surface area (Å²) in [5.74, 6) is 0.572. The highest BCUT2D eigenvalue weighted by Gasteiger charge is 2.61. The Morgan fingerprint density at radius 3 is 1.41 bits per heavy atom. The molecule has 6 aliphatic rings. The maximum atomic E-state index is 13.7. The highest BCUT2D eigenvalue weighted by molar-refractivity contribution is 7.84. The second-order valence-electron chi connectivity index (χ2n) is 19.0. The van der Waals surface area contributed by atoms with E-state index in [2.05, 4.69) is 24.4 Å². The van der Waals surface area contributed by atoms with Crippen LogP contribution < -0.4 is 30.1 Å². The molecule has 6 heterocycles. The molecular weight excluding hydrogens is 893 g/mol. The fraction of sp³-hybridized carbons (Fsp3) is 0.417. The van der Waals surface area contributed by atoms with E-state index in [0.29, 0.717) is 65.2 Å². The van der Waals surface area contributed by atoms with E-state index in [4.69, 9.17) is 52.8 Å². The van der Waals surface area contributed by atoms with Gasteiger partial charge in [-0.05, 0) is 156 Å². The number of pyridine rings is 2. The number of aryl methyl sites for hydroxylation is 2. The van der Waals surface area contributed by atoms with Gasteiger partial charge in [-0.3, -0.25) is 19.4 Å². The third-order valence-corrected chi connectivity index (χ3v) is 16.0. The van der Waals surface area contributed by atoms with Crippen molar-refractivity contribution in [3.05, 3.63) is 118 Å². The molecule has 2 saturated carbocycles. The van der Waals surface area contributed by atoms with Gasteiger partial charge in [0.25, 0.3) is 23.5 Å². The summed E-state index contributed by atoms with van der Waals surface area (Å²) < 4.78 is 26.5. The zero-order chi connectivity index (χ0) is 47.0. The number of ether oxygens (including phenoxy) is 2. The average Bonchev–Trinajstić information content (AvgIpc) is 3.63. The molecule has 10 rings (SSSR count). The molecule has 4 aliphatic heterocycles. The van der Waals surface area contributed by atoms with Crippen LogP contribution in [0.15, 0.2) is 73.1 Å². The summed E-state index contributed by atoms with van der Waals surface area (Å²) in [6.07, 6.45) is 7.99. The second kappa shape index (κ2) is 16.6. The van der Waals surface area contributed by atoms with Crippen molar-refractivity contribution in [2.75, 3.05) is 46.0 Å². The van der Waals surface area contributed by atoms with Crippen LogP contribution in [0.25, 0.3) is 9.69 Å². The summed E-state index contributed by atoms with van der Waals surface area (Å²) in [6.45, 7) is 25.8. The van der Waals surface area contributed by atoms with Crippen LogP contribution in [0.1, 0.15) is 81.5 Å². The van der Waals surface area contributed by atoms with Gasteiger partial charge < -0.3 is 34.7 Å². The summed E-state index contributed by atoms with van der Waals surface area (Å²) in [5.41, 5.74) is 10.4. The van der Waals surface area contributed by atoms with Crippen molar-refractivity contribution in [1.29, 1.82) is 0 Å². The van der Waals surface area contributed by atoms with Crippen LogP contribution in [0.3, 0.4) is 0 Å². The Labute approximate surface area is 397 Å². The molecule has 18 heteroatoms. The van der Waals surface area contributed by atoms with Gasteiger partial charge in [-0.15, -0.1) is 9.97 Å². The molecule has 340 valence electrons. The lowest BCUT2D eigenvalue weighted by Crippen LogP contribution is -2.60. The number of hydrogen-bond donors (Lipinski definition) is 2. The molecule has 3 N–H and O–H groups in total. The first kappa shape index (κ1) is 45.6. The lowest BCUT2D eigenvalue weighted by atomic mass is 9.75. The minimum Gasteiger partial charge on any atom is -0.377 e. The van der Waals surface area contributed by atoms with Crippen molar-refractivity contribution in [3.63, 3.8) is 0 Å². The summed E-state index contributed by atoms with van der Waals surface area (Å²) >= 11 is 11.7. The van der Waals surface area contributed by atoms with E-state index in [1.807, 2.05) is 92.9 Å². The van der Waals surface area contributed by atoms with Crippen LogP contribution in [0.2, 0.25) is 0 Å². The molecule has 2 aliphatic carbocycles. The number of carbonyl (C=O) groups is 2. The zero-order valence-electron chi connectivity index (χ0n) is 37.4. The van der Waals surface area contributed by atoms with Gasteiger partial charge in [0.05, 0.1) is 59.1 Å². The Kier molecular flexibility index (Phi) is 11.5. The minimum absolute atomic E-state index is 0.0257. The van der Waals surface area contributed by atoms with Crippen LogP contribution in [-0.4, -0.2) is 78.5 Å². The van der Waals surface area contributed by atoms with Crippen LogP contribution >= 0.6 is 24.4 Å². The summed E-state index contributed by atoms with van der Waals surface area (Å²) in [6, 6.07) is 19.5. The largest absolute Gasteiger partial charge is 0.377 e. The molecule has 1 unspecified atom stereocenters. The first-order valence-electron chi connectivity index (χ1n) is 21.8. The molecule has 2 spiro atoms. The van der Waals surface area contributed by atoms with Crippen LogP contribution in [0, 0.1) is 27.0 Å². The fourth-order valence-corrected chi connectivity index (χ4v) is 11.1. The Hall–Kier alpha value is -5.57. The van der Waals surface area contributed by atoms with Crippen molar-refractivity contribution in [2.45, 2.75) is 100 Å². The van der Waals surface area contributed by atoms with Gasteiger partial charge in [0.2, 0.25) is 0 Å². The van der Waals surface area contributed by atoms with Crippen molar-refractivity contribution in [2.24, 2.45) is 5.73 Å². The molecule has 0 radical (unpaired) electrons. The number of carbonyl (C=O) groups excluding carboxylic acids is 2. The Bertz CT molecular complexity index is 2780. The molecule has 2 aromatic carbocycles. The second-order valence-corrected chi connectivity index (χ2v) is 21.7. The molecule has 2 aromatic heterocycles. The van der Waals surface area contributed by atoms with Crippen molar-refractivity contribution >= 4 is 91.8 Å². The van der Waals surface area contributed by atoms with E-state index in [1.54, 1.807) is 34.3 Å². The van der Waals surface area contributed by atoms with Crippen molar-refractivity contribution in [3.8, 4) is 0 Å². The molecule has 66 heavy (non-hydrogen) atoms. The third-order valence-electron chi connectivity index (χ3n) is 13.6. The lowest BCUT2D eigenvalue weighted by molar-refractivity contribution is -0.124. The summed E-state index contributed by atoms with van der Waals surface area (Å²) in [5, 5.41) is 0.858. The third kappa shape index (κ3) is 7.22. The number of rotatable bonds is 8. The smallest absolute Gasteiger partial charge is 0.272 e. The van der Waals surface area contributed by atoms with Gasteiger partial charge in [0.15, 0.2) is 10.2 Å². The van der Waals surface area contributed by atoms with Gasteiger partial charge in [0.1, 0.15) is 29.0 Å². The molecule has 4 saturated heterocycles. The van der Waals surface area contributed by atoms with E-state index in [-0.39, 0.29) is 11.8 Å². The van der Waals surface area contributed by atoms with Crippen molar-refractivity contribution in [1.82, 2.24) is 14.7 Å². The molecule has 15 nitrogen and oxygen atoms in total. The minimum atomic E-state index is -1.25. The number of benzene rings is 2. The van der Waals surface area contributed by atoms with Gasteiger partial charge in [0, 0.05) is 11.4 Å². The maximum Gasteiger partial charge on any atom is 0.272 e. The van der Waals surface area contributed by atoms with E-state index in [0.717, 1.165) is 66.6 Å². The number of nitrogens with two attached hydrogens (primary N) is 1. The number of thiocarbonyl (C=S) groups is 2. The number of aromatic nitrogens is 2. The predicted octanol–water partition coefficient (Wildman–Crippen LogP) is 7.46. The van der Waals surface area contributed by atoms with Crippen LogP contribution in [0.4, 0.5) is 34.4 Å². The standard InChI is InChI=1S/C26H29N5O3S2.C22H21N5O2S/c1-17-13-20(14-28-21(17)27-5)30-22(32)26(11-6-12-26)31(23(30)35)19-9-7-18(8-10-19)25(15-34-16-25)29-36(33)24(2,3)4;1-14-10-17(11-25-18(14)24-2)26-19(28)22(8-3-9-22)27(20(26)30)16-6-4-15(5-7-16)21(23)12-29-13-21/h7-10,13-14,29H,6,11-12,15-16H2,1-4H3;4-7,10-11H,3,8-9,12-13,23H2,1H3. The van der Waals surface area contributed by atoms with Gasteiger partial charge >= 0.3 is 0 Å². The predicted molar refractivity (Wildman–Crippen MR) is 262 cm³/mol. The van der Waals surface area contributed by atoms with Crippen LogP contribution in [0.5, 0.6) is 0 Å². The van der Waals surface area contributed by atoms with Gasteiger partial charge in [-0.25, -0.2) is 8.93 Å². The number of nitrogens with zero attached hydrogens (tertiary/aromatic N) is 8. The quantitative estimate of drug-likeness (QED) is 0.133. The molecular formula is C48H50N10O5S3. The molecule has 6 fully saturated rings.